The highest BCUT2D eigenvalue weighted by Crippen LogP contribution is 2.36. The Morgan fingerprint density at radius 3 is 2.43 bits per heavy atom. The van der Waals surface area contributed by atoms with Gasteiger partial charge in [-0.25, -0.2) is 9.97 Å². The number of anilines is 2. The van der Waals surface area contributed by atoms with Gasteiger partial charge in [0.15, 0.2) is 5.69 Å². The average molecular weight is 421 g/mol. The van der Waals surface area contributed by atoms with E-state index in [9.17, 15) is 22.0 Å². The summed E-state index contributed by atoms with van der Waals surface area (Å²) in [6.45, 7) is -2.94. The molecule has 0 aliphatic carbocycles. The zero-order chi connectivity index (χ0) is 21.3. The summed E-state index contributed by atoms with van der Waals surface area (Å²) in [5.41, 5.74) is -0.779. The van der Waals surface area contributed by atoms with E-state index in [2.05, 4.69) is 25.0 Å². The first-order valence-electron chi connectivity index (χ1n) is 8.50. The molecular weight excluding hydrogens is 409 g/mol. The van der Waals surface area contributed by atoms with Crippen LogP contribution in [0.4, 0.5) is 33.5 Å². The number of hydrogen-bond donors (Lipinski definition) is 1. The van der Waals surface area contributed by atoms with Crippen molar-refractivity contribution in [1.82, 2.24) is 19.4 Å². The molecule has 0 saturated heterocycles. The van der Waals surface area contributed by atoms with Gasteiger partial charge in [-0.05, 0) is 36.4 Å². The summed E-state index contributed by atoms with van der Waals surface area (Å²) in [7, 11) is 0. The topological polar surface area (TPSA) is 64.3 Å². The van der Waals surface area contributed by atoms with Crippen LogP contribution in [-0.2, 0) is 6.18 Å². The van der Waals surface area contributed by atoms with Crippen LogP contribution in [0.1, 0.15) is 5.69 Å². The molecule has 0 radical (unpaired) electrons. The van der Waals surface area contributed by atoms with E-state index in [1.54, 1.807) is 12.1 Å². The van der Waals surface area contributed by atoms with Crippen molar-refractivity contribution in [1.29, 1.82) is 0 Å². The lowest BCUT2D eigenvalue weighted by Gasteiger charge is -2.10. The number of imidazole rings is 1. The van der Waals surface area contributed by atoms with E-state index in [1.807, 2.05) is 0 Å². The van der Waals surface area contributed by atoms with Crippen LogP contribution in [0.3, 0.4) is 0 Å². The number of fused-ring (bicyclic) bond motifs is 1. The van der Waals surface area contributed by atoms with Crippen molar-refractivity contribution >= 4 is 17.2 Å². The second-order valence-corrected chi connectivity index (χ2v) is 6.05. The molecule has 3 aromatic heterocycles. The maximum Gasteiger partial charge on any atom is 0.435 e. The van der Waals surface area contributed by atoms with Crippen LogP contribution < -0.4 is 10.1 Å². The maximum atomic E-state index is 13.5. The molecule has 4 aromatic rings. The smallest absolute Gasteiger partial charge is 0.435 e. The number of halogens is 5. The van der Waals surface area contributed by atoms with Gasteiger partial charge in [0, 0.05) is 11.9 Å². The second-order valence-electron chi connectivity index (χ2n) is 6.05. The van der Waals surface area contributed by atoms with E-state index in [0.29, 0.717) is 5.69 Å². The molecule has 0 fully saturated rings. The van der Waals surface area contributed by atoms with Crippen LogP contribution in [0.25, 0.3) is 17.0 Å². The normalized spacial score (nSPS) is 11.8. The SMILES string of the molecule is FC(F)Oc1ccc(Nc2cncc(-c3c(C(F)(F)F)nc4ccccn34)n2)cc1. The molecule has 0 unspecified atom stereocenters. The molecule has 4 rings (SSSR count). The van der Waals surface area contributed by atoms with Gasteiger partial charge in [-0.2, -0.15) is 22.0 Å². The number of nitrogens with zero attached hydrogens (tertiary/aromatic N) is 4. The fourth-order valence-corrected chi connectivity index (χ4v) is 2.85. The van der Waals surface area contributed by atoms with Gasteiger partial charge in [0.2, 0.25) is 0 Å². The first kappa shape index (κ1) is 19.6. The summed E-state index contributed by atoms with van der Waals surface area (Å²) in [4.78, 5) is 11.9. The summed E-state index contributed by atoms with van der Waals surface area (Å²) in [5, 5.41) is 2.87. The summed E-state index contributed by atoms with van der Waals surface area (Å²) < 4.78 is 70.6. The lowest BCUT2D eigenvalue weighted by Crippen LogP contribution is -2.09. The summed E-state index contributed by atoms with van der Waals surface area (Å²) in [5.74, 6) is 0.130. The Balaban J connectivity index is 1.69. The predicted octanol–water partition coefficient (Wildman–Crippen LogP) is 5.16. The van der Waals surface area contributed by atoms with Crippen molar-refractivity contribution in [3.8, 4) is 17.1 Å². The number of nitrogens with one attached hydrogen (secondary N) is 1. The predicted molar refractivity (Wildman–Crippen MR) is 97.6 cm³/mol. The molecule has 30 heavy (non-hydrogen) atoms. The highest BCUT2D eigenvalue weighted by Gasteiger charge is 2.38. The first-order chi connectivity index (χ1) is 14.3. The highest BCUT2D eigenvalue weighted by molar-refractivity contribution is 5.66. The quantitative estimate of drug-likeness (QED) is 0.452. The van der Waals surface area contributed by atoms with Gasteiger partial charge in [0.05, 0.1) is 12.4 Å². The number of pyridine rings is 1. The minimum Gasteiger partial charge on any atom is -0.435 e. The summed E-state index contributed by atoms with van der Waals surface area (Å²) in [6.07, 6.45) is -0.705. The number of aromatic nitrogens is 4. The fourth-order valence-electron chi connectivity index (χ4n) is 2.85. The maximum absolute atomic E-state index is 13.5. The van der Waals surface area contributed by atoms with E-state index in [4.69, 9.17) is 0 Å². The van der Waals surface area contributed by atoms with Crippen molar-refractivity contribution < 1.29 is 26.7 Å². The zero-order valence-corrected chi connectivity index (χ0v) is 14.9. The molecule has 0 atom stereocenters. The van der Waals surface area contributed by atoms with E-state index in [-0.39, 0.29) is 28.6 Å². The van der Waals surface area contributed by atoms with Crippen molar-refractivity contribution in [2.75, 3.05) is 5.32 Å². The molecule has 6 nitrogen and oxygen atoms in total. The molecule has 154 valence electrons. The lowest BCUT2D eigenvalue weighted by atomic mass is 10.2. The number of ether oxygens (including phenoxy) is 1. The fraction of sp³-hybridized carbons (Fsp3) is 0.105. The van der Waals surface area contributed by atoms with Crippen LogP contribution >= 0.6 is 0 Å². The second kappa shape index (κ2) is 7.58. The Bertz CT molecular complexity index is 1170. The molecule has 0 bridgehead atoms. The molecule has 1 aromatic carbocycles. The van der Waals surface area contributed by atoms with E-state index in [1.165, 1.54) is 53.3 Å². The molecule has 0 amide bonds. The number of alkyl halides is 5. The van der Waals surface area contributed by atoms with Crippen molar-refractivity contribution in [3.05, 3.63) is 66.7 Å². The van der Waals surface area contributed by atoms with Gasteiger partial charge in [0.1, 0.15) is 28.6 Å². The van der Waals surface area contributed by atoms with Crippen LogP contribution in [0.2, 0.25) is 0 Å². The lowest BCUT2D eigenvalue weighted by molar-refractivity contribution is -0.140. The molecular formula is C19H12F5N5O. The summed E-state index contributed by atoms with van der Waals surface area (Å²) >= 11 is 0. The number of rotatable bonds is 5. The minimum atomic E-state index is -4.69. The Morgan fingerprint density at radius 2 is 1.73 bits per heavy atom. The Hall–Kier alpha value is -3.76. The third-order valence-electron chi connectivity index (χ3n) is 4.03. The Morgan fingerprint density at radius 1 is 0.967 bits per heavy atom. The third kappa shape index (κ3) is 4.00. The molecule has 1 N–H and O–H groups in total. The van der Waals surface area contributed by atoms with Gasteiger partial charge in [0.25, 0.3) is 0 Å². The van der Waals surface area contributed by atoms with Crippen LogP contribution in [0.15, 0.2) is 61.1 Å². The average Bonchev–Trinajstić information content (AvgIpc) is 3.10. The molecule has 11 heteroatoms. The van der Waals surface area contributed by atoms with Gasteiger partial charge in [-0.1, -0.05) is 6.07 Å². The van der Waals surface area contributed by atoms with Crippen molar-refractivity contribution in [2.24, 2.45) is 0 Å². The van der Waals surface area contributed by atoms with Crippen molar-refractivity contribution in [3.63, 3.8) is 0 Å². The van der Waals surface area contributed by atoms with E-state index < -0.39 is 18.5 Å². The van der Waals surface area contributed by atoms with Gasteiger partial charge in [-0.3, -0.25) is 9.38 Å². The minimum absolute atomic E-state index is 0.0315. The Kier molecular flexibility index (Phi) is 4.94. The summed E-state index contributed by atoms with van der Waals surface area (Å²) in [6, 6.07) is 10.2. The van der Waals surface area contributed by atoms with Crippen LogP contribution in [0.5, 0.6) is 5.75 Å². The van der Waals surface area contributed by atoms with Crippen LogP contribution in [0, 0.1) is 0 Å². The standard InChI is InChI=1S/C19H12F5N5O/c20-18(21)30-12-6-4-11(5-7-12)26-14-10-25-9-13(27-14)16-17(19(22,23)24)28-15-3-1-2-8-29(15)16/h1-10,18H,(H,26,27). The third-order valence-corrected chi connectivity index (χ3v) is 4.03. The monoisotopic (exact) mass is 421 g/mol. The van der Waals surface area contributed by atoms with E-state index >= 15 is 0 Å². The number of benzene rings is 1. The first-order valence-corrected chi connectivity index (χ1v) is 8.50. The molecule has 3 heterocycles. The molecule has 0 spiro atoms. The van der Waals surface area contributed by atoms with E-state index in [0.717, 1.165) is 0 Å². The largest absolute Gasteiger partial charge is 0.435 e. The van der Waals surface area contributed by atoms with Crippen molar-refractivity contribution in [2.45, 2.75) is 12.8 Å². The van der Waals surface area contributed by atoms with Crippen LogP contribution in [-0.4, -0.2) is 26.0 Å². The van der Waals surface area contributed by atoms with Gasteiger partial charge >= 0.3 is 12.8 Å². The van der Waals surface area contributed by atoms with Gasteiger partial charge < -0.3 is 10.1 Å². The Labute approximate surface area is 166 Å². The molecule has 0 aliphatic heterocycles. The van der Waals surface area contributed by atoms with Gasteiger partial charge in [-0.15, -0.1) is 0 Å². The highest BCUT2D eigenvalue weighted by atomic mass is 19.4. The number of hydrogen-bond acceptors (Lipinski definition) is 5. The zero-order valence-electron chi connectivity index (χ0n) is 14.9. The molecule has 0 aliphatic rings. The molecule has 0 saturated carbocycles.